The standard InChI is InChI=1S/C11H16N2O11/c12-11(22)13-2(8(18)19)1-3(14)23-10(21)7-5(16)4(15)6(17)9(20)24-7/h2,4-7,9,15-17,20H,1H2,(H,18,19)(H3,12,13,22)/t2-,4-,5-,6+,7-,9+/m0/s1. The summed E-state index contributed by atoms with van der Waals surface area (Å²) in [6, 6.07) is -2.99. The van der Waals surface area contributed by atoms with E-state index in [0.29, 0.717) is 0 Å². The fourth-order valence-corrected chi connectivity index (χ4v) is 1.81. The number of aliphatic hydroxyl groups is 4. The van der Waals surface area contributed by atoms with Crippen LogP contribution in [0.2, 0.25) is 0 Å². The maximum Gasteiger partial charge on any atom is 0.345 e. The first-order valence-electron chi connectivity index (χ1n) is 6.45. The molecule has 0 spiro atoms. The van der Waals surface area contributed by atoms with Gasteiger partial charge in [0, 0.05) is 0 Å². The van der Waals surface area contributed by atoms with Gasteiger partial charge in [0.1, 0.15) is 24.4 Å². The number of hydrogen-bond donors (Lipinski definition) is 7. The summed E-state index contributed by atoms with van der Waals surface area (Å²) in [5, 5.41) is 48.0. The predicted molar refractivity (Wildman–Crippen MR) is 68.8 cm³/mol. The number of amides is 2. The van der Waals surface area contributed by atoms with E-state index in [1.54, 1.807) is 5.32 Å². The number of nitrogens with two attached hydrogens (primary N) is 1. The zero-order chi connectivity index (χ0) is 18.6. The minimum Gasteiger partial charge on any atom is -0.480 e. The maximum atomic E-state index is 11.7. The van der Waals surface area contributed by atoms with Crippen LogP contribution < -0.4 is 11.1 Å². The maximum absolute atomic E-state index is 11.7. The molecule has 136 valence electrons. The normalized spacial score (nSPS) is 30.9. The zero-order valence-electron chi connectivity index (χ0n) is 11.9. The molecule has 0 bridgehead atoms. The molecular weight excluding hydrogens is 336 g/mol. The molecular formula is C11H16N2O11. The molecule has 6 atom stereocenters. The second-order valence-corrected chi connectivity index (χ2v) is 4.82. The van der Waals surface area contributed by atoms with Crippen molar-refractivity contribution in [1.82, 2.24) is 5.32 Å². The van der Waals surface area contributed by atoms with Crippen LogP contribution in [-0.4, -0.2) is 86.2 Å². The number of carboxylic acids is 1. The van der Waals surface area contributed by atoms with Crippen LogP contribution >= 0.6 is 0 Å². The van der Waals surface area contributed by atoms with E-state index in [-0.39, 0.29) is 0 Å². The Morgan fingerprint density at radius 2 is 1.67 bits per heavy atom. The Morgan fingerprint density at radius 3 is 2.17 bits per heavy atom. The summed E-state index contributed by atoms with van der Waals surface area (Å²) in [4.78, 5) is 44.6. The van der Waals surface area contributed by atoms with E-state index >= 15 is 0 Å². The van der Waals surface area contributed by atoms with Gasteiger partial charge in [-0.15, -0.1) is 0 Å². The second-order valence-electron chi connectivity index (χ2n) is 4.82. The Kier molecular flexibility index (Phi) is 6.56. The van der Waals surface area contributed by atoms with Crippen LogP contribution in [0.1, 0.15) is 6.42 Å². The molecule has 0 unspecified atom stereocenters. The smallest absolute Gasteiger partial charge is 0.345 e. The Hall–Kier alpha value is -2.32. The van der Waals surface area contributed by atoms with Gasteiger partial charge < -0.3 is 46.1 Å². The molecule has 0 aromatic carbocycles. The molecule has 1 heterocycles. The molecule has 1 aliphatic rings. The molecule has 13 nitrogen and oxygen atoms in total. The molecule has 1 fully saturated rings. The van der Waals surface area contributed by atoms with Crippen molar-refractivity contribution in [1.29, 1.82) is 0 Å². The van der Waals surface area contributed by atoms with Gasteiger partial charge in [-0.05, 0) is 0 Å². The van der Waals surface area contributed by atoms with Crippen molar-refractivity contribution >= 4 is 23.9 Å². The molecule has 0 aromatic rings. The minimum absolute atomic E-state index is 0.972. The molecule has 8 N–H and O–H groups in total. The van der Waals surface area contributed by atoms with E-state index in [1.165, 1.54) is 0 Å². The first-order chi connectivity index (χ1) is 11.0. The molecule has 1 saturated heterocycles. The Morgan fingerprint density at radius 1 is 1.08 bits per heavy atom. The molecule has 0 saturated carbocycles. The predicted octanol–water partition coefficient (Wildman–Crippen LogP) is -4.63. The van der Waals surface area contributed by atoms with E-state index in [2.05, 4.69) is 9.47 Å². The van der Waals surface area contributed by atoms with Crippen molar-refractivity contribution in [2.75, 3.05) is 0 Å². The number of urea groups is 1. The zero-order valence-corrected chi connectivity index (χ0v) is 11.9. The van der Waals surface area contributed by atoms with Gasteiger partial charge in [0.25, 0.3) is 0 Å². The van der Waals surface area contributed by atoms with E-state index < -0.39 is 67.1 Å². The van der Waals surface area contributed by atoms with Crippen LogP contribution in [0.25, 0.3) is 0 Å². The summed E-state index contributed by atoms with van der Waals surface area (Å²) in [7, 11) is 0. The number of esters is 2. The van der Waals surface area contributed by atoms with Gasteiger partial charge in [-0.1, -0.05) is 0 Å². The highest BCUT2D eigenvalue weighted by Crippen LogP contribution is 2.21. The summed E-state index contributed by atoms with van der Waals surface area (Å²) >= 11 is 0. The van der Waals surface area contributed by atoms with E-state index in [9.17, 15) is 39.6 Å². The second kappa shape index (κ2) is 7.98. The summed E-state index contributed by atoms with van der Waals surface area (Å²) in [6.07, 6.45) is -10.9. The van der Waals surface area contributed by atoms with Crippen molar-refractivity contribution < 1.29 is 54.2 Å². The quantitative estimate of drug-likeness (QED) is 0.184. The lowest BCUT2D eigenvalue weighted by atomic mass is 9.99. The number of aliphatic carboxylic acids is 1. The van der Waals surface area contributed by atoms with Gasteiger partial charge >= 0.3 is 23.9 Å². The lowest BCUT2D eigenvalue weighted by molar-refractivity contribution is -0.280. The van der Waals surface area contributed by atoms with Gasteiger partial charge in [-0.2, -0.15) is 0 Å². The fourth-order valence-electron chi connectivity index (χ4n) is 1.81. The molecule has 1 rings (SSSR count). The van der Waals surface area contributed by atoms with Crippen molar-refractivity contribution in [3.63, 3.8) is 0 Å². The number of hydrogen-bond acceptors (Lipinski definition) is 10. The Balaban J connectivity index is 2.67. The number of carbonyl (C=O) groups is 4. The highest BCUT2D eigenvalue weighted by Gasteiger charge is 2.47. The summed E-state index contributed by atoms with van der Waals surface area (Å²) in [6.45, 7) is 0. The van der Waals surface area contributed by atoms with Crippen LogP contribution in [0.5, 0.6) is 0 Å². The number of carboxylic acid groups (broad SMARTS) is 1. The van der Waals surface area contributed by atoms with Crippen LogP contribution in [0.15, 0.2) is 0 Å². The average Bonchev–Trinajstić information content (AvgIpc) is 2.47. The van der Waals surface area contributed by atoms with Crippen molar-refractivity contribution in [3.8, 4) is 0 Å². The lowest BCUT2D eigenvalue weighted by Crippen LogP contribution is -2.60. The van der Waals surface area contributed by atoms with Crippen LogP contribution in [-0.2, 0) is 23.9 Å². The topological polar surface area (TPSA) is 226 Å². The largest absolute Gasteiger partial charge is 0.480 e. The number of ether oxygens (including phenoxy) is 2. The van der Waals surface area contributed by atoms with Crippen LogP contribution in [0.3, 0.4) is 0 Å². The Labute approximate surface area is 133 Å². The lowest BCUT2D eigenvalue weighted by Gasteiger charge is -2.36. The monoisotopic (exact) mass is 352 g/mol. The SMILES string of the molecule is NC(=O)N[C@@H](CC(=O)OC(=O)[C@H]1O[C@@H](O)[C@H](O)[C@@H](O)[C@@H]1O)C(=O)O. The van der Waals surface area contributed by atoms with Crippen LogP contribution in [0, 0.1) is 0 Å². The van der Waals surface area contributed by atoms with E-state index in [4.69, 9.17) is 10.8 Å². The molecule has 2 amide bonds. The molecule has 0 aromatic heterocycles. The first-order valence-corrected chi connectivity index (χ1v) is 6.45. The molecule has 24 heavy (non-hydrogen) atoms. The first kappa shape index (κ1) is 19.7. The third-order valence-corrected chi connectivity index (χ3v) is 3.02. The van der Waals surface area contributed by atoms with Gasteiger partial charge in [0.15, 0.2) is 12.4 Å². The van der Waals surface area contributed by atoms with E-state index in [0.717, 1.165) is 0 Å². The summed E-state index contributed by atoms with van der Waals surface area (Å²) in [5.41, 5.74) is 4.72. The number of aliphatic hydroxyl groups excluding tert-OH is 4. The van der Waals surface area contributed by atoms with E-state index in [1.807, 2.05) is 0 Å². The van der Waals surface area contributed by atoms with Crippen molar-refractivity contribution in [2.45, 2.75) is 43.2 Å². The van der Waals surface area contributed by atoms with Crippen molar-refractivity contribution in [3.05, 3.63) is 0 Å². The number of rotatable bonds is 5. The molecule has 1 aliphatic heterocycles. The molecule has 0 radical (unpaired) electrons. The number of carbonyl (C=O) groups excluding carboxylic acids is 3. The third-order valence-electron chi connectivity index (χ3n) is 3.02. The third kappa shape index (κ3) is 4.84. The van der Waals surface area contributed by atoms with Gasteiger partial charge in [-0.25, -0.2) is 14.4 Å². The van der Waals surface area contributed by atoms with Crippen LogP contribution in [0.4, 0.5) is 4.79 Å². The molecule has 13 heteroatoms. The molecule has 0 aliphatic carbocycles. The van der Waals surface area contributed by atoms with Gasteiger partial charge in [0.05, 0.1) is 6.42 Å². The van der Waals surface area contributed by atoms with Gasteiger partial charge in [0.2, 0.25) is 0 Å². The highest BCUT2D eigenvalue weighted by atomic mass is 16.7. The minimum atomic E-state index is -2.03. The number of nitrogens with one attached hydrogen (secondary N) is 1. The summed E-state index contributed by atoms with van der Waals surface area (Å²) < 4.78 is 8.76. The Bertz CT molecular complexity index is 524. The van der Waals surface area contributed by atoms with Crippen molar-refractivity contribution in [2.24, 2.45) is 5.73 Å². The fraction of sp³-hybridized carbons (Fsp3) is 0.636. The van der Waals surface area contributed by atoms with Gasteiger partial charge in [-0.3, -0.25) is 4.79 Å². The average molecular weight is 352 g/mol. The number of primary amides is 1. The summed E-state index contributed by atoms with van der Waals surface area (Å²) in [5.74, 6) is -4.58. The highest BCUT2D eigenvalue weighted by molar-refractivity contribution is 5.92.